The minimum Gasteiger partial charge on any atom is -0.337 e. The molecule has 1 aliphatic rings. The number of halogens is 1. The lowest BCUT2D eigenvalue weighted by Gasteiger charge is -2.26. The predicted octanol–water partition coefficient (Wildman–Crippen LogP) is 2.09. The minimum absolute atomic E-state index is 0.111. The summed E-state index contributed by atoms with van der Waals surface area (Å²) in [5.74, 6) is 0.258. The van der Waals surface area contributed by atoms with Gasteiger partial charge in [0.25, 0.3) is 5.91 Å². The van der Waals surface area contributed by atoms with Crippen LogP contribution in [-0.4, -0.2) is 44.1 Å². The van der Waals surface area contributed by atoms with Gasteiger partial charge in [0.15, 0.2) is 5.13 Å². The highest BCUT2D eigenvalue weighted by Gasteiger charge is 2.24. The number of thiazole rings is 1. The third-order valence-electron chi connectivity index (χ3n) is 3.62. The number of hydrogen-bond acceptors (Lipinski definition) is 6. The van der Waals surface area contributed by atoms with E-state index in [0.717, 1.165) is 10.6 Å². The number of aromatic nitrogens is 3. The van der Waals surface area contributed by atoms with E-state index in [2.05, 4.69) is 20.3 Å². The summed E-state index contributed by atoms with van der Waals surface area (Å²) in [6.45, 7) is 1.19. The second-order valence-corrected chi connectivity index (χ2v) is 6.75. The first-order chi connectivity index (χ1) is 11.7. The molecule has 0 radical (unpaired) electrons. The standard InChI is InChI=1S/C15H16ClN5O2S/c16-4-1-2-13(22)21-7-3-10-12(9-21)24-15(19-10)20-14(23)11-8-17-5-6-18-11/h5-6,8H,1-4,7,9H2,(H,19,20,23). The molecule has 0 atom stereocenters. The molecule has 0 unspecified atom stereocenters. The second kappa shape index (κ2) is 7.67. The van der Waals surface area contributed by atoms with E-state index in [0.29, 0.717) is 43.4 Å². The van der Waals surface area contributed by atoms with Gasteiger partial charge in [0, 0.05) is 42.5 Å². The Bertz CT molecular complexity index is 737. The fourth-order valence-corrected chi connectivity index (χ4v) is 3.57. The molecule has 1 N–H and O–H groups in total. The number of amides is 2. The first kappa shape index (κ1) is 16.8. The van der Waals surface area contributed by atoms with Crippen molar-refractivity contribution >= 4 is 39.9 Å². The third kappa shape index (κ3) is 3.88. The lowest BCUT2D eigenvalue weighted by molar-refractivity contribution is -0.132. The fraction of sp³-hybridized carbons (Fsp3) is 0.400. The van der Waals surface area contributed by atoms with Crippen molar-refractivity contribution in [1.29, 1.82) is 0 Å². The Kier molecular flexibility index (Phi) is 5.37. The number of hydrogen-bond donors (Lipinski definition) is 1. The molecular weight excluding hydrogens is 350 g/mol. The molecule has 3 heterocycles. The molecule has 126 valence electrons. The molecule has 0 saturated heterocycles. The van der Waals surface area contributed by atoms with E-state index in [-0.39, 0.29) is 17.5 Å². The van der Waals surface area contributed by atoms with Crippen LogP contribution in [-0.2, 0) is 17.8 Å². The summed E-state index contributed by atoms with van der Waals surface area (Å²) in [5, 5.41) is 3.26. The Labute approximate surface area is 148 Å². The van der Waals surface area contributed by atoms with Crippen LogP contribution in [0.4, 0.5) is 5.13 Å². The maximum Gasteiger partial charge on any atom is 0.277 e. The van der Waals surface area contributed by atoms with Gasteiger partial charge in [-0.3, -0.25) is 19.9 Å². The minimum atomic E-state index is -0.343. The Morgan fingerprint density at radius 1 is 1.38 bits per heavy atom. The van der Waals surface area contributed by atoms with Crippen LogP contribution in [0.25, 0.3) is 0 Å². The van der Waals surface area contributed by atoms with E-state index in [4.69, 9.17) is 11.6 Å². The molecule has 7 nitrogen and oxygen atoms in total. The zero-order chi connectivity index (χ0) is 16.9. The van der Waals surface area contributed by atoms with Gasteiger partial charge in [0.2, 0.25) is 5.91 Å². The Morgan fingerprint density at radius 3 is 3.00 bits per heavy atom. The summed E-state index contributed by atoms with van der Waals surface area (Å²) in [6, 6.07) is 0. The normalized spacial score (nSPS) is 13.5. The van der Waals surface area contributed by atoms with E-state index in [9.17, 15) is 9.59 Å². The first-order valence-corrected chi connectivity index (χ1v) is 8.92. The highest BCUT2D eigenvalue weighted by molar-refractivity contribution is 7.15. The summed E-state index contributed by atoms with van der Waals surface area (Å²) in [6.07, 6.45) is 6.22. The molecule has 0 spiro atoms. The van der Waals surface area contributed by atoms with Crippen LogP contribution >= 0.6 is 22.9 Å². The molecule has 0 aromatic carbocycles. The van der Waals surface area contributed by atoms with Crippen molar-refractivity contribution in [3.05, 3.63) is 34.9 Å². The van der Waals surface area contributed by atoms with Crippen molar-refractivity contribution in [2.75, 3.05) is 17.7 Å². The smallest absolute Gasteiger partial charge is 0.277 e. The van der Waals surface area contributed by atoms with Crippen molar-refractivity contribution in [3.8, 4) is 0 Å². The average Bonchev–Trinajstić information content (AvgIpc) is 3.01. The van der Waals surface area contributed by atoms with Gasteiger partial charge in [-0.15, -0.1) is 11.6 Å². The Morgan fingerprint density at radius 2 is 2.25 bits per heavy atom. The largest absolute Gasteiger partial charge is 0.337 e. The van der Waals surface area contributed by atoms with Crippen molar-refractivity contribution in [2.45, 2.75) is 25.8 Å². The number of carbonyl (C=O) groups is 2. The predicted molar refractivity (Wildman–Crippen MR) is 91.2 cm³/mol. The average molecular weight is 366 g/mol. The summed E-state index contributed by atoms with van der Waals surface area (Å²) >= 11 is 7.03. The monoisotopic (exact) mass is 365 g/mol. The van der Waals surface area contributed by atoms with Gasteiger partial charge in [0.1, 0.15) is 5.69 Å². The SMILES string of the molecule is O=C(Nc1nc2c(s1)CN(C(=O)CCCCl)CC2)c1cnccn1. The fourth-order valence-electron chi connectivity index (χ4n) is 2.42. The van der Waals surface area contributed by atoms with Crippen molar-refractivity contribution < 1.29 is 9.59 Å². The molecule has 9 heteroatoms. The summed E-state index contributed by atoms with van der Waals surface area (Å²) in [4.78, 5) is 39.3. The van der Waals surface area contributed by atoms with Crippen LogP contribution in [0.15, 0.2) is 18.6 Å². The highest BCUT2D eigenvalue weighted by Crippen LogP contribution is 2.28. The molecule has 3 rings (SSSR count). The quantitative estimate of drug-likeness (QED) is 0.819. The topological polar surface area (TPSA) is 88.1 Å². The summed E-state index contributed by atoms with van der Waals surface area (Å²) in [7, 11) is 0. The molecule has 0 saturated carbocycles. The third-order valence-corrected chi connectivity index (χ3v) is 4.89. The molecule has 1 aliphatic heterocycles. The number of fused-ring (bicyclic) bond motifs is 1. The summed E-state index contributed by atoms with van der Waals surface area (Å²) < 4.78 is 0. The number of rotatable bonds is 5. The Hall–Kier alpha value is -2.06. The molecule has 24 heavy (non-hydrogen) atoms. The van der Waals surface area contributed by atoms with Crippen molar-refractivity contribution in [1.82, 2.24) is 19.9 Å². The van der Waals surface area contributed by atoms with E-state index in [1.807, 2.05) is 4.90 Å². The lowest BCUT2D eigenvalue weighted by Crippen LogP contribution is -2.35. The van der Waals surface area contributed by atoms with Crippen LogP contribution < -0.4 is 5.32 Å². The highest BCUT2D eigenvalue weighted by atomic mass is 35.5. The van der Waals surface area contributed by atoms with Crippen LogP contribution in [0, 0.1) is 0 Å². The maximum atomic E-state index is 12.1. The van der Waals surface area contributed by atoms with Gasteiger partial charge in [-0.25, -0.2) is 9.97 Å². The van der Waals surface area contributed by atoms with Crippen LogP contribution in [0.2, 0.25) is 0 Å². The van der Waals surface area contributed by atoms with Crippen LogP contribution in [0.3, 0.4) is 0 Å². The molecule has 0 aliphatic carbocycles. The number of alkyl halides is 1. The van der Waals surface area contributed by atoms with Gasteiger partial charge in [-0.1, -0.05) is 11.3 Å². The van der Waals surface area contributed by atoms with Gasteiger partial charge in [-0.2, -0.15) is 0 Å². The number of carbonyl (C=O) groups excluding carboxylic acids is 2. The molecular formula is C15H16ClN5O2S. The zero-order valence-electron chi connectivity index (χ0n) is 12.9. The van der Waals surface area contributed by atoms with E-state index >= 15 is 0 Å². The van der Waals surface area contributed by atoms with Crippen molar-refractivity contribution in [2.24, 2.45) is 0 Å². The van der Waals surface area contributed by atoms with Crippen LogP contribution in [0.5, 0.6) is 0 Å². The molecule has 2 aromatic rings. The van der Waals surface area contributed by atoms with Gasteiger partial charge in [0.05, 0.1) is 18.4 Å². The zero-order valence-corrected chi connectivity index (χ0v) is 14.4. The molecule has 2 amide bonds. The molecule has 0 fully saturated rings. The van der Waals surface area contributed by atoms with Crippen molar-refractivity contribution in [3.63, 3.8) is 0 Å². The Balaban J connectivity index is 1.65. The lowest BCUT2D eigenvalue weighted by atomic mass is 10.1. The molecule has 2 aromatic heterocycles. The van der Waals surface area contributed by atoms with E-state index in [1.54, 1.807) is 0 Å². The second-order valence-electron chi connectivity index (χ2n) is 5.29. The summed E-state index contributed by atoms with van der Waals surface area (Å²) in [5.41, 5.74) is 1.18. The maximum absolute atomic E-state index is 12.1. The van der Waals surface area contributed by atoms with Gasteiger partial charge < -0.3 is 4.90 Å². The first-order valence-electron chi connectivity index (χ1n) is 7.57. The molecule has 0 bridgehead atoms. The number of nitrogens with zero attached hydrogens (tertiary/aromatic N) is 4. The number of anilines is 1. The number of nitrogens with one attached hydrogen (secondary N) is 1. The van der Waals surface area contributed by atoms with E-state index in [1.165, 1.54) is 29.9 Å². The van der Waals surface area contributed by atoms with E-state index < -0.39 is 0 Å². The van der Waals surface area contributed by atoms with Crippen LogP contribution in [0.1, 0.15) is 33.9 Å². The van der Waals surface area contributed by atoms with Gasteiger partial charge in [-0.05, 0) is 6.42 Å². The van der Waals surface area contributed by atoms with Gasteiger partial charge >= 0.3 is 0 Å².